The van der Waals surface area contributed by atoms with Gasteiger partial charge in [0, 0.05) is 32.4 Å². The minimum absolute atomic E-state index is 0.248. The highest BCUT2D eigenvalue weighted by molar-refractivity contribution is 5.95. The van der Waals surface area contributed by atoms with E-state index < -0.39 is 11.7 Å². The Hall–Kier alpha value is -3.33. The molecule has 0 spiro atoms. The second kappa shape index (κ2) is 9.27. The van der Waals surface area contributed by atoms with Crippen molar-refractivity contribution in [3.05, 3.63) is 77.1 Å². The number of para-hydroxylation sites is 1. The van der Waals surface area contributed by atoms with Crippen molar-refractivity contribution in [2.75, 3.05) is 38.3 Å². The van der Waals surface area contributed by atoms with Gasteiger partial charge in [0.1, 0.15) is 0 Å². The van der Waals surface area contributed by atoms with Crippen molar-refractivity contribution in [3.8, 4) is 5.69 Å². The van der Waals surface area contributed by atoms with Crippen LogP contribution in [0.15, 0.2) is 54.7 Å². The van der Waals surface area contributed by atoms with E-state index in [2.05, 4.69) is 10.00 Å². The van der Waals surface area contributed by atoms with Crippen molar-refractivity contribution in [1.29, 1.82) is 0 Å². The summed E-state index contributed by atoms with van der Waals surface area (Å²) in [6, 6.07) is 12.8. The maximum absolute atomic E-state index is 13.2. The Morgan fingerprint density at radius 2 is 1.85 bits per heavy atom. The van der Waals surface area contributed by atoms with Gasteiger partial charge in [0.2, 0.25) is 0 Å². The van der Waals surface area contributed by atoms with Crippen LogP contribution in [0.2, 0.25) is 0 Å². The molecule has 1 amide bonds. The van der Waals surface area contributed by atoms with Gasteiger partial charge < -0.3 is 14.5 Å². The monoisotopic (exact) mass is 458 g/mol. The van der Waals surface area contributed by atoms with Gasteiger partial charge in [-0.3, -0.25) is 4.79 Å². The normalized spacial score (nSPS) is 14.4. The van der Waals surface area contributed by atoms with Crippen LogP contribution in [0, 0.1) is 6.92 Å². The molecule has 2 heterocycles. The summed E-state index contributed by atoms with van der Waals surface area (Å²) in [5.41, 5.74) is 2.39. The van der Waals surface area contributed by atoms with Crippen LogP contribution >= 0.6 is 0 Å². The second-order valence-corrected chi connectivity index (χ2v) is 7.99. The standard InChI is InChI=1S/C24H25F3N4O2/c1-17-21(15-28-31(17)20-8-5-7-19(14-20)24(25,26)27)23(32)29(2)16-18-6-3-4-9-22(18)30-10-12-33-13-11-30/h3-9,14-15H,10-13,16H2,1-2H3. The van der Waals surface area contributed by atoms with E-state index in [0.717, 1.165) is 36.5 Å². The summed E-state index contributed by atoms with van der Waals surface area (Å²) in [7, 11) is 1.71. The molecule has 6 nitrogen and oxygen atoms in total. The molecule has 0 unspecified atom stereocenters. The lowest BCUT2D eigenvalue weighted by molar-refractivity contribution is -0.137. The van der Waals surface area contributed by atoms with Crippen LogP contribution in [-0.2, 0) is 17.5 Å². The van der Waals surface area contributed by atoms with Crippen molar-refractivity contribution in [2.24, 2.45) is 0 Å². The fourth-order valence-electron chi connectivity index (χ4n) is 3.98. The molecule has 0 radical (unpaired) electrons. The van der Waals surface area contributed by atoms with E-state index in [4.69, 9.17) is 4.74 Å². The van der Waals surface area contributed by atoms with Crippen LogP contribution in [0.25, 0.3) is 5.69 Å². The van der Waals surface area contributed by atoms with E-state index in [9.17, 15) is 18.0 Å². The molecular weight excluding hydrogens is 433 g/mol. The first kappa shape index (κ1) is 22.8. The number of ether oxygens (including phenoxy) is 1. The van der Waals surface area contributed by atoms with Crippen molar-refractivity contribution >= 4 is 11.6 Å². The Kier molecular flexibility index (Phi) is 6.42. The molecular formula is C24H25F3N4O2. The van der Waals surface area contributed by atoms with Crippen LogP contribution in [0.1, 0.15) is 27.2 Å². The SMILES string of the molecule is Cc1c(C(=O)N(C)Cc2ccccc2N2CCOCC2)cnn1-c1cccc(C(F)(F)F)c1. The first-order chi connectivity index (χ1) is 15.8. The molecule has 0 saturated carbocycles. The number of morpholine rings is 1. The summed E-state index contributed by atoms with van der Waals surface area (Å²) >= 11 is 0. The average Bonchev–Trinajstić information content (AvgIpc) is 3.20. The van der Waals surface area contributed by atoms with Crippen molar-refractivity contribution in [1.82, 2.24) is 14.7 Å². The summed E-state index contributed by atoms with van der Waals surface area (Å²) in [6.45, 7) is 4.97. The van der Waals surface area contributed by atoms with Crippen molar-refractivity contribution < 1.29 is 22.7 Å². The third-order valence-corrected chi connectivity index (χ3v) is 5.76. The largest absolute Gasteiger partial charge is 0.416 e. The van der Waals surface area contributed by atoms with E-state index in [1.807, 2.05) is 24.3 Å². The molecule has 1 saturated heterocycles. The van der Waals surface area contributed by atoms with Gasteiger partial charge in [-0.1, -0.05) is 24.3 Å². The number of carbonyl (C=O) groups is 1. The number of anilines is 1. The summed E-state index contributed by atoms with van der Waals surface area (Å²) < 4.78 is 46.1. The fourth-order valence-corrected chi connectivity index (χ4v) is 3.98. The van der Waals surface area contributed by atoms with Crippen molar-refractivity contribution in [2.45, 2.75) is 19.6 Å². The Morgan fingerprint density at radius 1 is 1.12 bits per heavy atom. The Labute approximate surface area is 190 Å². The highest BCUT2D eigenvalue weighted by atomic mass is 19.4. The molecule has 1 fully saturated rings. The van der Waals surface area contributed by atoms with E-state index in [-0.39, 0.29) is 11.6 Å². The number of halogens is 3. The zero-order chi connectivity index (χ0) is 23.6. The molecule has 174 valence electrons. The van der Waals surface area contributed by atoms with E-state index in [1.54, 1.807) is 18.9 Å². The number of benzene rings is 2. The molecule has 0 atom stereocenters. The number of amides is 1. The maximum Gasteiger partial charge on any atom is 0.416 e. The predicted octanol–water partition coefficient (Wildman–Crippen LogP) is 4.31. The third kappa shape index (κ3) is 4.88. The van der Waals surface area contributed by atoms with E-state index in [1.165, 1.54) is 23.0 Å². The number of carbonyl (C=O) groups excluding carboxylic acids is 1. The zero-order valence-corrected chi connectivity index (χ0v) is 18.5. The Morgan fingerprint density at radius 3 is 2.58 bits per heavy atom. The second-order valence-electron chi connectivity index (χ2n) is 7.99. The number of nitrogens with zero attached hydrogens (tertiary/aromatic N) is 4. The van der Waals surface area contributed by atoms with Gasteiger partial charge in [0.25, 0.3) is 5.91 Å². The summed E-state index contributed by atoms with van der Waals surface area (Å²) in [5, 5.41) is 4.19. The molecule has 0 N–H and O–H groups in total. The van der Waals surface area contributed by atoms with E-state index in [0.29, 0.717) is 31.0 Å². The van der Waals surface area contributed by atoms with Crippen LogP contribution in [0.5, 0.6) is 0 Å². The maximum atomic E-state index is 13.2. The highest BCUT2D eigenvalue weighted by Crippen LogP contribution is 2.31. The Bertz CT molecular complexity index is 1140. The van der Waals surface area contributed by atoms with Gasteiger partial charge in [0.15, 0.2) is 0 Å². The first-order valence-electron chi connectivity index (χ1n) is 10.6. The van der Waals surface area contributed by atoms with Gasteiger partial charge in [-0.15, -0.1) is 0 Å². The molecule has 4 rings (SSSR count). The Balaban J connectivity index is 1.55. The smallest absolute Gasteiger partial charge is 0.378 e. The molecule has 33 heavy (non-hydrogen) atoms. The number of rotatable bonds is 5. The lowest BCUT2D eigenvalue weighted by Crippen LogP contribution is -2.37. The quantitative estimate of drug-likeness (QED) is 0.572. The van der Waals surface area contributed by atoms with Crippen molar-refractivity contribution in [3.63, 3.8) is 0 Å². The summed E-state index contributed by atoms with van der Waals surface area (Å²) in [6.07, 6.45) is -3.05. The molecule has 0 bridgehead atoms. The topological polar surface area (TPSA) is 50.6 Å². The van der Waals surface area contributed by atoms with Crippen LogP contribution in [-0.4, -0.2) is 53.9 Å². The number of alkyl halides is 3. The molecule has 2 aromatic carbocycles. The molecule has 1 aromatic heterocycles. The third-order valence-electron chi connectivity index (χ3n) is 5.76. The minimum atomic E-state index is -4.45. The van der Waals surface area contributed by atoms with Gasteiger partial charge >= 0.3 is 6.18 Å². The van der Waals surface area contributed by atoms with Gasteiger partial charge in [-0.25, -0.2) is 4.68 Å². The molecule has 0 aliphatic carbocycles. The molecule has 1 aliphatic heterocycles. The summed E-state index contributed by atoms with van der Waals surface area (Å²) in [5.74, 6) is -0.248. The van der Waals surface area contributed by atoms with Crippen LogP contribution < -0.4 is 4.90 Å². The lowest BCUT2D eigenvalue weighted by Gasteiger charge is -2.31. The van der Waals surface area contributed by atoms with Gasteiger partial charge in [-0.05, 0) is 36.8 Å². The van der Waals surface area contributed by atoms with Crippen LogP contribution in [0.3, 0.4) is 0 Å². The number of aromatic nitrogens is 2. The molecule has 9 heteroatoms. The molecule has 3 aromatic rings. The number of hydrogen-bond donors (Lipinski definition) is 0. The lowest BCUT2D eigenvalue weighted by atomic mass is 10.1. The zero-order valence-electron chi connectivity index (χ0n) is 18.5. The fraction of sp³-hybridized carbons (Fsp3) is 0.333. The van der Waals surface area contributed by atoms with Crippen LogP contribution in [0.4, 0.5) is 18.9 Å². The van der Waals surface area contributed by atoms with Gasteiger partial charge in [-0.2, -0.15) is 18.3 Å². The minimum Gasteiger partial charge on any atom is -0.378 e. The van der Waals surface area contributed by atoms with E-state index >= 15 is 0 Å². The molecule has 1 aliphatic rings. The average molecular weight is 458 g/mol. The highest BCUT2D eigenvalue weighted by Gasteiger charge is 2.31. The number of hydrogen-bond acceptors (Lipinski definition) is 4. The van der Waals surface area contributed by atoms with Gasteiger partial charge in [0.05, 0.1) is 41.9 Å². The predicted molar refractivity (Wildman–Crippen MR) is 119 cm³/mol. The first-order valence-corrected chi connectivity index (χ1v) is 10.6. The summed E-state index contributed by atoms with van der Waals surface area (Å²) in [4.78, 5) is 17.0.